The molecule has 3 heterocycles. The van der Waals surface area contributed by atoms with E-state index in [9.17, 15) is 4.79 Å². The fourth-order valence-electron chi connectivity index (χ4n) is 4.86. The molecule has 0 N–H and O–H groups in total. The molecule has 6 rings (SSSR count). The van der Waals surface area contributed by atoms with Crippen molar-refractivity contribution in [2.75, 3.05) is 6.61 Å². The van der Waals surface area contributed by atoms with Crippen LogP contribution in [0.5, 0.6) is 5.75 Å². The molecule has 43 heavy (non-hydrogen) atoms. The Morgan fingerprint density at radius 1 is 0.953 bits per heavy atom. The van der Waals surface area contributed by atoms with Crippen molar-refractivity contribution in [3.05, 3.63) is 111 Å². The van der Waals surface area contributed by atoms with Crippen molar-refractivity contribution >= 4 is 22.4 Å². The molecule has 0 saturated carbocycles. The normalized spacial score (nSPS) is 12.5. The van der Waals surface area contributed by atoms with E-state index in [2.05, 4.69) is 57.9 Å². The Hall–Kier alpha value is -4.56. The minimum Gasteiger partial charge on any atom is -0.493 e. The van der Waals surface area contributed by atoms with Crippen molar-refractivity contribution in [1.82, 2.24) is 24.4 Å². The van der Waals surface area contributed by atoms with Gasteiger partial charge in [0.1, 0.15) is 11.4 Å². The number of fused-ring (bicyclic) bond motifs is 1. The lowest BCUT2D eigenvalue weighted by Gasteiger charge is -2.18. The molecule has 0 aliphatic heterocycles. The zero-order chi connectivity index (χ0) is 30.3. The van der Waals surface area contributed by atoms with Crippen LogP contribution >= 0.6 is 11.3 Å². The van der Waals surface area contributed by atoms with Crippen LogP contribution in [0.2, 0.25) is 0 Å². The van der Waals surface area contributed by atoms with Crippen LogP contribution in [-0.2, 0) is 5.41 Å². The van der Waals surface area contributed by atoms with Gasteiger partial charge in [0.05, 0.1) is 16.8 Å². The van der Waals surface area contributed by atoms with Crippen molar-refractivity contribution in [3.8, 4) is 34.1 Å². The van der Waals surface area contributed by atoms with Crippen molar-refractivity contribution in [1.29, 1.82) is 0 Å². The molecular weight excluding hydrogens is 554 g/mol. The Kier molecular flexibility index (Phi) is 7.48. The Bertz CT molecular complexity index is 2010. The monoisotopic (exact) mass is 589 g/mol. The van der Waals surface area contributed by atoms with Gasteiger partial charge in [-0.2, -0.15) is 14.6 Å². The average Bonchev–Trinajstić information content (AvgIpc) is 3.67. The number of rotatable bonds is 7. The third-order valence-electron chi connectivity index (χ3n) is 7.26. The number of hydrogen-bond acceptors (Lipinski definition) is 6. The molecule has 7 nitrogen and oxygen atoms in total. The third kappa shape index (κ3) is 5.88. The highest BCUT2D eigenvalue weighted by atomic mass is 32.1. The SMILES string of the molecule is Cc1cc(-c2nn(-c3ccccc3)cc2/C=c2\sc3nc(-c4ccc(C(C)(C)C)cc4)nn3c2=O)ccc1OCC(C)C. The van der Waals surface area contributed by atoms with E-state index in [1.54, 1.807) is 0 Å². The van der Waals surface area contributed by atoms with Crippen molar-refractivity contribution < 1.29 is 4.74 Å². The standard InChI is InChI=1S/C35H35N5O2S/c1-22(2)21-42-29-17-14-25(18-23(29)3)31-26(20-39(37-31)28-10-8-7-9-11-28)19-30-33(41)40-34(43-30)36-32(38-40)24-12-15-27(16-13-24)35(4,5)6/h7-20,22H,21H2,1-6H3/b30-19-. The number of para-hydroxylation sites is 1. The quantitative estimate of drug-likeness (QED) is 0.203. The second-order valence-electron chi connectivity index (χ2n) is 12.3. The summed E-state index contributed by atoms with van der Waals surface area (Å²) in [5.74, 6) is 1.85. The molecule has 3 aromatic carbocycles. The Morgan fingerprint density at radius 3 is 2.33 bits per heavy atom. The number of aryl methyl sites for hydroxylation is 1. The summed E-state index contributed by atoms with van der Waals surface area (Å²) < 4.78 is 9.80. The lowest BCUT2D eigenvalue weighted by atomic mass is 9.87. The Balaban J connectivity index is 1.40. The molecule has 0 amide bonds. The fraction of sp³-hybridized carbons (Fsp3) is 0.257. The molecule has 0 radical (unpaired) electrons. The summed E-state index contributed by atoms with van der Waals surface area (Å²) in [6.45, 7) is 13.5. The molecule has 0 atom stereocenters. The molecule has 0 aliphatic rings. The summed E-state index contributed by atoms with van der Waals surface area (Å²) in [5, 5.41) is 9.52. The summed E-state index contributed by atoms with van der Waals surface area (Å²) in [6, 6.07) is 24.3. The number of benzene rings is 3. The molecule has 0 aliphatic carbocycles. The fourth-order valence-corrected chi connectivity index (χ4v) is 5.76. The van der Waals surface area contributed by atoms with E-state index in [1.165, 1.54) is 21.4 Å². The molecule has 0 spiro atoms. The summed E-state index contributed by atoms with van der Waals surface area (Å²) in [6.07, 6.45) is 3.85. The molecule has 8 heteroatoms. The largest absolute Gasteiger partial charge is 0.493 e. The van der Waals surface area contributed by atoms with Gasteiger partial charge in [-0.15, -0.1) is 5.10 Å². The van der Waals surface area contributed by atoms with E-state index >= 15 is 0 Å². The van der Waals surface area contributed by atoms with E-state index in [0.29, 0.717) is 27.8 Å². The van der Waals surface area contributed by atoms with Crippen molar-refractivity contribution in [3.63, 3.8) is 0 Å². The van der Waals surface area contributed by atoms with E-state index < -0.39 is 0 Å². The summed E-state index contributed by atoms with van der Waals surface area (Å²) in [4.78, 5) is 18.8. The highest BCUT2D eigenvalue weighted by Gasteiger charge is 2.17. The van der Waals surface area contributed by atoms with Gasteiger partial charge in [0.15, 0.2) is 5.82 Å². The molecule has 3 aromatic heterocycles. The van der Waals surface area contributed by atoms with Crippen molar-refractivity contribution in [2.45, 2.75) is 47.0 Å². The van der Waals surface area contributed by atoms with Gasteiger partial charge in [0.2, 0.25) is 4.96 Å². The van der Waals surface area contributed by atoms with Crippen LogP contribution in [0.4, 0.5) is 0 Å². The van der Waals surface area contributed by atoms with Gasteiger partial charge in [-0.3, -0.25) is 4.79 Å². The van der Waals surface area contributed by atoms with Crippen LogP contribution < -0.4 is 14.8 Å². The van der Waals surface area contributed by atoms with Gasteiger partial charge in [0, 0.05) is 22.9 Å². The second-order valence-corrected chi connectivity index (χ2v) is 13.3. The predicted octanol–water partition coefficient (Wildman–Crippen LogP) is 6.86. The molecular formula is C35H35N5O2S. The maximum atomic E-state index is 13.5. The molecule has 218 valence electrons. The van der Waals surface area contributed by atoms with E-state index in [-0.39, 0.29) is 11.0 Å². The summed E-state index contributed by atoms with van der Waals surface area (Å²) >= 11 is 1.33. The molecule has 0 bridgehead atoms. The molecule has 6 aromatic rings. The first kappa shape index (κ1) is 28.6. The lowest BCUT2D eigenvalue weighted by molar-refractivity contribution is 0.269. The molecule has 0 unspecified atom stereocenters. The predicted molar refractivity (Wildman–Crippen MR) is 174 cm³/mol. The topological polar surface area (TPSA) is 74.3 Å². The number of ether oxygens (including phenoxy) is 1. The first-order valence-electron chi connectivity index (χ1n) is 14.5. The average molecular weight is 590 g/mol. The number of hydrogen-bond donors (Lipinski definition) is 0. The highest BCUT2D eigenvalue weighted by molar-refractivity contribution is 7.15. The Morgan fingerprint density at radius 2 is 1.67 bits per heavy atom. The second kappa shape index (κ2) is 11.3. The maximum Gasteiger partial charge on any atom is 0.291 e. The Labute approximate surface area is 255 Å². The van der Waals surface area contributed by atoms with Gasteiger partial charge in [0.25, 0.3) is 5.56 Å². The number of aromatic nitrogens is 5. The first-order valence-corrected chi connectivity index (χ1v) is 15.3. The van der Waals surface area contributed by atoms with E-state index in [4.69, 9.17) is 14.8 Å². The molecule has 0 fully saturated rings. The molecule has 0 saturated heterocycles. The number of nitrogens with zero attached hydrogens (tertiary/aromatic N) is 5. The van der Waals surface area contributed by atoms with Crippen LogP contribution in [0.15, 0.2) is 83.8 Å². The summed E-state index contributed by atoms with van der Waals surface area (Å²) in [5.41, 5.74) is 6.51. The van der Waals surface area contributed by atoms with Crippen LogP contribution in [0.1, 0.15) is 51.3 Å². The van der Waals surface area contributed by atoms with Crippen LogP contribution in [0, 0.1) is 12.8 Å². The van der Waals surface area contributed by atoms with Crippen molar-refractivity contribution in [2.24, 2.45) is 5.92 Å². The minimum atomic E-state index is -0.197. The van der Waals surface area contributed by atoms with Gasteiger partial charge in [-0.25, -0.2) is 4.68 Å². The van der Waals surface area contributed by atoms with Crippen LogP contribution in [0.3, 0.4) is 0 Å². The van der Waals surface area contributed by atoms with Gasteiger partial charge in [-0.05, 0) is 65.8 Å². The van der Waals surface area contributed by atoms with Gasteiger partial charge < -0.3 is 4.74 Å². The zero-order valence-corrected chi connectivity index (χ0v) is 26.1. The maximum absolute atomic E-state index is 13.5. The van der Waals surface area contributed by atoms with E-state index in [0.717, 1.165) is 39.4 Å². The van der Waals surface area contributed by atoms with Gasteiger partial charge in [-0.1, -0.05) is 88.4 Å². The first-order chi connectivity index (χ1) is 20.6. The third-order valence-corrected chi connectivity index (χ3v) is 8.22. The highest BCUT2D eigenvalue weighted by Crippen LogP contribution is 2.30. The van der Waals surface area contributed by atoms with E-state index in [1.807, 2.05) is 78.5 Å². The zero-order valence-electron chi connectivity index (χ0n) is 25.3. The number of thiazole rings is 1. The summed E-state index contributed by atoms with van der Waals surface area (Å²) in [7, 11) is 0. The van der Waals surface area contributed by atoms with Gasteiger partial charge >= 0.3 is 0 Å². The van der Waals surface area contributed by atoms with Crippen LogP contribution in [-0.4, -0.2) is 31.0 Å². The smallest absolute Gasteiger partial charge is 0.291 e. The van der Waals surface area contributed by atoms with Crippen LogP contribution in [0.25, 0.3) is 39.4 Å². The lowest BCUT2D eigenvalue weighted by Crippen LogP contribution is -2.23. The minimum absolute atomic E-state index is 0.0584.